The Labute approximate surface area is 107 Å². The molecule has 0 aliphatic carbocycles. The predicted octanol–water partition coefficient (Wildman–Crippen LogP) is 1.74. The van der Waals surface area contributed by atoms with Gasteiger partial charge in [0, 0.05) is 22.6 Å². The van der Waals surface area contributed by atoms with E-state index in [0.717, 1.165) is 0 Å². The Morgan fingerprint density at radius 2 is 2.31 bits per heavy atom. The molecule has 82 valence electrons. The lowest BCUT2D eigenvalue weighted by Crippen LogP contribution is -2.38. The van der Waals surface area contributed by atoms with Crippen LogP contribution in [0.25, 0.3) is 0 Å². The van der Waals surface area contributed by atoms with Crippen LogP contribution < -0.4 is 9.80 Å². The molecule has 2 rings (SSSR count). The quantitative estimate of drug-likeness (QED) is 0.613. The molecule has 1 aliphatic heterocycles. The van der Waals surface area contributed by atoms with Crippen molar-refractivity contribution in [3.63, 3.8) is 0 Å². The Bertz CT molecular complexity index is 464. The van der Waals surface area contributed by atoms with Crippen molar-refractivity contribution in [1.29, 1.82) is 0 Å². The number of hydrogen-bond acceptors (Lipinski definition) is 3. The molecule has 1 aromatic carbocycles. The molecule has 1 aliphatic rings. The average molecular weight is 329 g/mol. The Morgan fingerprint density at radius 3 is 3.12 bits per heavy atom. The highest BCUT2D eigenvalue weighted by molar-refractivity contribution is 14.1. The Balaban J connectivity index is 2.21. The highest BCUT2D eigenvalue weighted by Crippen LogP contribution is 2.31. The van der Waals surface area contributed by atoms with Gasteiger partial charge in [-0.3, -0.25) is 9.63 Å². The van der Waals surface area contributed by atoms with E-state index in [0.29, 0.717) is 11.4 Å². The van der Waals surface area contributed by atoms with Gasteiger partial charge in [0.05, 0.1) is 0 Å². The first-order chi connectivity index (χ1) is 7.83. The fraction of sp³-hybridized carbons (Fsp3) is 0.182. The molecular weight excluding hydrogens is 321 g/mol. The maximum absolute atomic E-state index is 11.6. The lowest BCUT2D eigenvalue weighted by Gasteiger charge is -2.27. The second-order valence-corrected chi connectivity index (χ2v) is 3.53. The van der Waals surface area contributed by atoms with Crippen molar-refractivity contribution in [3.8, 4) is 15.6 Å². The third-order valence-corrected chi connectivity index (χ3v) is 2.38. The molecule has 0 fully saturated rings. The van der Waals surface area contributed by atoms with E-state index in [4.69, 9.17) is 9.57 Å². The molecule has 0 spiro atoms. The normalized spacial score (nSPS) is 13.6. The van der Waals surface area contributed by atoms with Gasteiger partial charge in [0.1, 0.15) is 18.0 Å². The van der Waals surface area contributed by atoms with Crippen LogP contribution in [0.5, 0.6) is 5.75 Å². The SMILES string of the molecule is O=C1COc2ccccc2N1OCC#CI. The van der Waals surface area contributed by atoms with Crippen LogP contribution in [-0.4, -0.2) is 19.1 Å². The summed E-state index contributed by atoms with van der Waals surface area (Å²) in [6.07, 6.45) is 0. The summed E-state index contributed by atoms with van der Waals surface area (Å²) >= 11 is 1.92. The van der Waals surface area contributed by atoms with Gasteiger partial charge in [0.25, 0.3) is 5.91 Å². The van der Waals surface area contributed by atoms with E-state index in [1.165, 1.54) is 5.06 Å². The van der Waals surface area contributed by atoms with Gasteiger partial charge in [-0.05, 0) is 16.1 Å². The summed E-state index contributed by atoms with van der Waals surface area (Å²) in [6, 6.07) is 7.23. The molecule has 1 aromatic rings. The largest absolute Gasteiger partial charge is 0.481 e. The molecule has 0 saturated heterocycles. The number of fused-ring (bicyclic) bond motifs is 1. The number of para-hydroxylation sites is 2. The zero-order chi connectivity index (χ0) is 11.4. The van der Waals surface area contributed by atoms with Gasteiger partial charge in [-0.15, -0.1) is 0 Å². The molecule has 0 saturated carbocycles. The van der Waals surface area contributed by atoms with Crippen molar-refractivity contribution >= 4 is 34.2 Å². The molecule has 0 N–H and O–H groups in total. The minimum absolute atomic E-state index is 0.00528. The highest BCUT2D eigenvalue weighted by Gasteiger charge is 2.25. The van der Waals surface area contributed by atoms with Crippen LogP contribution in [0, 0.1) is 9.85 Å². The van der Waals surface area contributed by atoms with Crippen molar-refractivity contribution < 1.29 is 14.4 Å². The minimum atomic E-state index is -0.228. The summed E-state index contributed by atoms with van der Waals surface area (Å²) in [7, 11) is 0. The van der Waals surface area contributed by atoms with Crippen LogP contribution in [-0.2, 0) is 9.63 Å². The van der Waals surface area contributed by atoms with E-state index in [1.807, 2.05) is 34.7 Å². The number of halogens is 1. The summed E-state index contributed by atoms with van der Waals surface area (Å²) < 4.78 is 7.94. The van der Waals surface area contributed by atoms with Gasteiger partial charge in [0.15, 0.2) is 6.61 Å². The lowest BCUT2D eigenvalue weighted by molar-refractivity contribution is -0.128. The Kier molecular flexibility index (Phi) is 3.64. The van der Waals surface area contributed by atoms with Crippen LogP contribution in [0.3, 0.4) is 0 Å². The van der Waals surface area contributed by atoms with Crippen LogP contribution in [0.15, 0.2) is 24.3 Å². The molecule has 0 bridgehead atoms. The smallest absolute Gasteiger partial charge is 0.288 e. The fourth-order valence-corrected chi connectivity index (χ4v) is 1.50. The van der Waals surface area contributed by atoms with E-state index < -0.39 is 0 Å². The molecule has 0 aromatic heterocycles. The van der Waals surface area contributed by atoms with Gasteiger partial charge in [0.2, 0.25) is 0 Å². The average Bonchev–Trinajstić information content (AvgIpc) is 2.32. The third kappa shape index (κ3) is 2.28. The Morgan fingerprint density at radius 1 is 1.50 bits per heavy atom. The van der Waals surface area contributed by atoms with Crippen molar-refractivity contribution in [2.75, 3.05) is 18.3 Å². The summed E-state index contributed by atoms with van der Waals surface area (Å²) in [5.41, 5.74) is 0.619. The first-order valence-electron chi connectivity index (χ1n) is 4.59. The monoisotopic (exact) mass is 329 g/mol. The van der Waals surface area contributed by atoms with Gasteiger partial charge < -0.3 is 4.74 Å². The number of carbonyl (C=O) groups excluding carboxylic acids is 1. The summed E-state index contributed by atoms with van der Waals surface area (Å²) in [5.74, 6) is 3.14. The van der Waals surface area contributed by atoms with Crippen LogP contribution >= 0.6 is 22.6 Å². The summed E-state index contributed by atoms with van der Waals surface area (Å²) in [4.78, 5) is 16.9. The summed E-state index contributed by atoms with van der Waals surface area (Å²) in [5, 5.41) is 1.24. The number of amides is 1. The molecular formula is C11H8INO3. The minimum Gasteiger partial charge on any atom is -0.481 e. The van der Waals surface area contributed by atoms with E-state index in [-0.39, 0.29) is 19.1 Å². The first-order valence-corrected chi connectivity index (χ1v) is 5.67. The molecule has 4 nitrogen and oxygen atoms in total. The van der Waals surface area contributed by atoms with Gasteiger partial charge in [-0.2, -0.15) is 5.06 Å². The number of nitrogens with zero attached hydrogens (tertiary/aromatic N) is 1. The standard InChI is InChI=1S/C11H8INO3/c12-6-3-7-16-13-9-4-1-2-5-10(9)15-8-11(13)14/h1-2,4-5H,7-8H2. The summed E-state index contributed by atoms with van der Waals surface area (Å²) in [6.45, 7) is 0.178. The maximum Gasteiger partial charge on any atom is 0.288 e. The molecule has 5 heteroatoms. The van der Waals surface area contributed by atoms with Gasteiger partial charge in [-0.1, -0.05) is 18.1 Å². The number of hydroxylamine groups is 1. The van der Waals surface area contributed by atoms with E-state index in [2.05, 4.69) is 9.85 Å². The second-order valence-electron chi connectivity index (χ2n) is 2.99. The van der Waals surface area contributed by atoms with Crippen LogP contribution in [0.4, 0.5) is 5.69 Å². The number of carbonyl (C=O) groups is 1. The number of benzene rings is 1. The highest BCUT2D eigenvalue weighted by atomic mass is 127. The Hall–Kier alpha value is -1.26. The molecule has 0 radical (unpaired) electrons. The zero-order valence-corrected chi connectivity index (χ0v) is 10.4. The molecule has 1 amide bonds. The van der Waals surface area contributed by atoms with Crippen LogP contribution in [0.1, 0.15) is 0 Å². The molecule has 0 atom stereocenters. The van der Waals surface area contributed by atoms with Gasteiger partial charge in [-0.25, -0.2) is 0 Å². The van der Waals surface area contributed by atoms with E-state index in [9.17, 15) is 4.79 Å². The number of rotatable bonds is 2. The topological polar surface area (TPSA) is 38.8 Å². The van der Waals surface area contributed by atoms with Crippen LogP contribution in [0.2, 0.25) is 0 Å². The number of ether oxygens (including phenoxy) is 1. The van der Waals surface area contributed by atoms with Crippen molar-refractivity contribution in [2.45, 2.75) is 0 Å². The maximum atomic E-state index is 11.6. The number of anilines is 1. The molecule has 16 heavy (non-hydrogen) atoms. The van der Waals surface area contributed by atoms with Crippen molar-refractivity contribution in [1.82, 2.24) is 0 Å². The zero-order valence-electron chi connectivity index (χ0n) is 8.27. The van der Waals surface area contributed by atoms with E-state index >= 15 is 0 Å². The van der Waals surface area contributed by atoms with Gasteiger partial charge >= 0.3 is 0 Å². The fourth-order valence-electron chi connectivity index (χ4n) is 1.35. The predicted molar refractivity (Wildman–Crippen MR) is 67.2 cm³/mol. The molecule has 0 unspecified atom stereocenters. The lowest BCUT2D eigenvalue weighted by atomic mass is 10.2. The van der Waals surface area contributed by atoms with E-state index in [1.54, 1.807) is 12.1 Å². The molecule has 1 heterocycles. The van der Waals surface area contributed by atoms with Crippen molar-refractivity contribution in [2.24, 2.45) is 0 Å². The van der Waals surface area contributed by atoms with Crippen molar-refractivity contribution in [3.05, 3.63) is 24.3 Å². The number of hydrogen-bond donors (Lipinski definition) is 0. The first kappa shape index (κ1) is 11.2. The third-order valence-electron chi connectivity index (χ3n) is 1.99. The second kappa shape index (κ2) is 5.18.